The van der Waals surface area contributed by atoms with Crippen LogP contribution in [0, 0.1) is 0 Å². The second kappa shape index (κ2) is 7.40. The van der Waals surface area contributed by atoms with Gasteiger partial charge in [0.05, 0.1) is 13.7 Å². The molecule has 126 valence electrons. The van der Waals surface area contributed by atoms with Crippen LogP contribution in [-0.4, -0.2) is 59.0 Å². The monoisotopic (exact) mass is 326 g/mol. The Balaban J connectivity index is 1.58. The van der Waals surface area contributed by atoms with E-state index >= 15 is 0 Å². The molecule has 6 nitrogen and oxygen atoms in total. The van der Waals surface area contributed by atoms with Gasteiger partial charge in [-0.05, 0) is 43.8 Å². The fourth-order valence-corrected chi connectivity index (χ4v) is 2.97. The van der Waals surface area contributed by atoms with Gasteiger partial charge in [0.15, 0.2) is 0 Å². The number of methoxy groups -OCH3 is 1. The Morgan fingerprint density at radius 1 is 1.29 bits per heavy atom. The molecule has 0 saturated carbocycles. The van der Waals surface area contributed by atoms with E-state index < -0.39 is 0 Å². The quantitative estimate of drug-likeness (QED) is 0.839. The molecule has 0 spiro atoms. The lowest BCUT2D eigenvalue weighted by atomic mass is 10.2. The first-order valence-electron chi connectivity index (χ1n) is 8.07. The number of hydrogen-bond acceptors (Lipinski definition) is 5. The largest absolute Gasteiger partial charge is 0.497 e. The van der Waals surface area contributed by atoms with Crippen molar-refractivity contribution >= 4 is 5.91 Å². The molecule has 3 rings (SSSR count). The van der Waals surface area contributed by atoms with E-state index in [1.54, 1.807) is 19.5 Å². The van der Waals surface area contributed by atoms with Crippen molar-refractivity contribution in [3.8, 4) is 5.75 Å². The van der Waals surface area contributed by atoms with Crippen molar-refractivity contribution in [2.24, 2.45) is 0 Å². The summed E-state index contributed by atoms with van der Waals surface area (Å²) in [5.74, 6) is 1.64. The van der Waals surface area contributed by atoms with Crippen LogP contribution in [0.25, 0.3) is 0 Å². The van der Waals surface area contributed by atoms with E-state index in [4.69, 9.17) is 4.74 Å². The molecule has 2 heterocycles. The Morgan fingerprint density at radius 2 is 2.00 bits per heavy atom. The minimum absolute atomic E-state index is 0.0736. The molecule has 1 aromatic carbocycles. The summed E-state index contributed by atoms with van der Waals surface area (Å²) in [7, 11) is 3.68. The summed E-state index contributed by atoms with van der Waals surface area (Å²) in [6.45, 7) is 2.19. The lowest BCUT2D eigenvalue weighted by Crippen LogP contribution is -2.36. The fraction of sp³-hybridized carbons (Fsp3) is 0.389. The molecular weight excluding hydrogens is 304 g/mol. The Labute approximate surface area is 142 Å². The number of nitrogens with zero attached hydrogens (tertiary/aromatic N) is 4. The highest BCUT2D eigenvalue weighted by atomic mass is 16.5. The first-order valence-corrected chi connectivity index (χ1v) is 8.07. The first kappa shape index (κ1) is 16.4. The van der Waals surface area contributed by atoms with Crippen LogP contribution in [0.4, 0.5) is 0 Å². The number of hydrogen-bond donors (Lipinski definition) is 0. The number of carbonyl (C=O) groups excluding carboxylic acids is 1. The first-order chi connectivity index (χ1) is 11.7. The molecule has 2 aromatic rings. The number of amides is 1. The van der Waals surface area contributed by atoms with Gasteiger partial charge in [-0.15, -0.1) is 0 Å². The molecule has 1 amide bonds. The topological polar surface area (TPSA) is 58.6 Å². The minimum atomic E-state index is 0.0736. The lowest BCUT2D eigenvalue weighted by molar-refractivity contribution is 0.0779. The fourth-order valence-electron chi connectivity index (χ4n) is 2.97. The van der Waals surface area contributed by atoms with Gasteiger partial charge in [0.2, 0.25) is 0 Å². The molecule has 0 radical (unpaired) electrons. The van der Waals surface area contributed by atoms with Gasteiger partial charge in [-0.3, -0.25) is 9.69 Å². The molecule has 0 bridgehead atoms. The molecule has 1 aliphatic rings. The Bertz CT molecular complexity index is 675. The zero-order valence-electron chi connectivity index (χ0n) is 14.1. The van der Waals surface area contributed by atoms with Crippen molar-refractivity contribution in [1.82, 2.24) is 19.8 Å². The maximum atomic E-state index is 12.6. The summed E-state index contributed by atoms with van der Waals surface area (Å²) < 4.78 is 5.14. The maximum Gasteiger partial charge on any atom is 0.253 e. The Hall–Kier alpha value is -2.47. The van der Waals surface area contributed by atoms with Crippen molar-refractivity contribution in [1.29, 1.82) is 0 Å². The summed E-state index contributed by atoms with van der Waals surface area (Å²) in [5.41, 5.74) is 0.700. The number of likely N-dealkylation sites (N-methyl/N-ethyl adjacent to an activating group) is 1. The average Bonchev–Trinajstić information content (AvgIpc) is 3.12. The molecule has 0 N–H and O–H groups in total. The van der Waals surface area contributed by atoms with Crippen molar-refractivity contribution in [2.45, 2.75) is 19.0 Å². The van der Waals surface area contributed by atoms with Crippen LogP contribution < -0.4 is 4.74 Å². The normalized spacial score (nSPS) is 17.3. The molecule has 1 fully saturated rings. The minimum Gasteiger partial charge on any atom is -0.497 e. The second-order valence-electron chi connectivity index (χ2n) is 6.00. The van der Waals surface area contributed by atoms with Gasteiger partial charge in [0.25, 0.3) is 5.91 Å². The molecular formula is C18H22N4O2. The maximum absolute atomic E-state index is 12.6. The molecule has 1 unspecified atom stereocenters. The zero-order valence-corrected chi connectivity index (χ0v) is 14.1. The van der Waals surface area contributed by atoms with E-state index in [0.717, 1.165) is 31.1 Å². The van der Waals surface area contributed by atoms with E-state index in [1.807, 2.05) is 35.2 Å². The van der Waals surface area contributed by atoms with Crippen molar-refractivity contribution in [3.05, 3.63) is 54.1 Å². The van der Waals surface area contributed by atoms with Crippen molar-refractivity contribution < 1.29 is 9.53 Å². The number of benzene rings is 1. The second-order valence-corrected chi connectivity index (χ2v) is 6.00. The summed E-state index contributed by atoms with van der Waals surface area (Å²) in [6, 6.07) is 9.41. The third kappa shape index (κ3) is 3.71. The van der Waals surface area contributed by atoms with Gasteiger partial charge in [0.1, 0.15) is 11.6 Å². The van der Waals surface area contributed by atoms with Gasteiger partial charge < -0.3 is 9.64 Å². The van der Waals surface area contributed by atoms with Crippen LogP contribution >= 0.6 is 0 Å². The molecule has 24 heavy (non-hydrogen) atoms. The van der Waals surface area contributed by atoms with Crippen LogP contribution in [-0.2, 0) is 6.54 Å². The number of ether oxygens (including phenoxy) is 1. The molecule has 1 aliphatic heterocycles. The lowest BCUT2D eigenvalue weighted by Gasteiger charge is -2.24. The van der Waals surface area contributed by atoms with Gasteiger partial charge >= 0.3 is 0 Å². The highest BCUT2D eigenvalue weighted by Crippen LogP contribution is 2.19. The van der Waals surface area contributed by atoms with Crippen LogP contribution in [0.1, 0.15) is 22.6 Å². The SMILES string of the molecule is COc1ccc(C(=O)N2CCC(N(C)Cc3ncccn3)C2)cc1. The molecule has 6 heteroatoms. The number of likely N-dealkylation sites (tertiary alicyclic amines) is 1. The predicted octanol–water partition coefficient (Wildman–Crippen LogP) is 1.83. The molecule has 0 aliphatic carbocycles. The van der Waals surface area contributed by atoms with E-state index in [2.05, 4.69) is 21.9 Å². The smallest absolute Gasteiger partial charge is 0.253 e. The van der Waals surface area contributed by atoms with Crippen LogP contribution in [0.2, 0.25) is 0 Å². The molecule has 1 atom stereocenters. The Kier molecular flexibility index (Phi) is 5.05. The van der Waals surface area contributed by atoms with E-state index in [0.29, 0.717) is 18.2 Å². The van der Waals surface area contributed by atoms with E-state index in [9.17, 15) is 4.79 Å². The number of carbonyl (C=O) groups is 1. The Morgan fingerprint density at radius 3 is 2.67 bits per heavy atom. The number of aromatic nitrogens is 2. The summed E-state index contributed by atoms with van der Waals surface area (Å²) in [6.07, 6.45) is 4.47. The third-order valence-corrected chi connectivity index (χ3v) is 4.42. The van der Waals surface area contributed by atoms with Crippen molar-refractivity contribution in [2.75, 3.05) is 27.2 Å². The highest BCUT2D eigenvalue weighted by molar-refractivity contribution is 5.94. The summed E-state index contributed by atoms with van der Waals surface area (Å²) in [4.78, 5) is 25.3. The summed E-state index contributed by atoms with van der Waals surface area (Å²) >= 11 is 0. The van der Waals surface area contributed by atoms with Gasteiger partial charge in [0, 0.05) is 37.1 Å². The van der Waals surface area contributed by atoms with Crippen LogP contribution in [0.5, 0.6) is 5.75 Å². The highest BCUT2D eigenvalue weighted by Gasteiger charge is 2.29. The van der Waals surface area contributed by atoms with E-state index in [1.165, 1.54) is 0 Å². The third-order valence-electron chi connectivity index (χ3n) is 4.42. The molecule has 1 aromatic heterocycles. The molecule has 1 saturated heterocycles. The summed E-state index contributed by atoms with van der Waals surface area (Å²) in [5, 5.41) is 0. The predicted molar refractivity (Wildman–Crippen MR) is 90.8 cm³/mol. The number of rotatable bonds is 5. The van der Waals surface area contributed by atoms with Crippen LogP contribution in [0.3, 0.4) is 0 Å². The van der Waals surface area contributed by atoms with E-state index in [-0.39, 0.29) is 5.91 Å². The van der Waals surface area contributed by atoms with Gasteiger partial charge in [-0.25, -0.2) is 9.97 Å². The van der Waals surface area contributed by atoms with Crippen molar-refractivity contribution in [3.63, 3.8) is 0 Å². The van der Waals surface area contributed by atoms with Gasteiger partial charge in [-0.1, -0.05) is 0 Å². The average molecular weight is 326 g/mol. The zero-order chi connectivity index (χ0) is 16.9. The van der Waals surface area contributed by atoms with Gasteiger partial charge in [-0.2, -0.15) is 0 Å². The van der Waals surface area contributed by atoms with Crippen LogP contribution in [0.15, 0.2) is 42.7 Å². The standard InChI is InChI=1S/C18H22N4O2/c1-21(13-17-19-9-3-10-20-17)15-8-11-22(12-15)18(23)14-4-6-16(24-2)7-5-14/h3-7,9-10,15H,8,11-13H2,1-2H3.